The molecule has 2 aromatic heterocycles. The molecule has 242 valence electrons. The van der Waals surface area contributed by atoms with E-state index in [1.54, 1.807) is 0 Å². The Morgan fingerprint density at radius 1 is 0.423 bits per heavy atom. The zero-order valence-corrected chi connectivity index (χ0v) is 28.5. The molecule has 7 aromatic carbocycles. The monoisotopic (exact) mass is 661 g/mol. The molecule has 2 nitrogen and oxygen atoms in total. The highest BCUT2D eigenvalue weighted by Crippen LogP contribution is 2.64. The molecule has 12 rings (SSSR count). The first-order valence-electron chi connectivity index (χ1n) is 18.1. The molecular formula is C50H31NO. The summed E-state index contributed by atoms with van der Waals surface area (Å²) < 4.78 is 6.93. The van der Waals surface area contributed by atoms with E-state index in [0.717, 1.165) is 50.0 Å². The van der Waals surface area contributed by atoms with E-state index in [9.17, 15) is 0 Å². The summed E-state index contributed by atoms with van der Waals surface area (Å²) in [5, 5.41) is 2.23. The quantitative estimate of drug-likeness (QED) is 0.175. The van der Waals surface area contributed by atoms with Crippen LogP contribution in [0.4, 0.5) is 0 Å². The van der Waals surface area contributed by atoms with Gasteiger partial charge in [-0.3, -0.25) is 0 Å². The zero-order chi connectivity index (χ0) is 34.2. The van der Waals surface area contributed by atoms with Gasteiger partial charge in [0, 0.05) is 27.3 Å². The molecule has 2 aliphatic carbocycles. The predicted octanol–water partition coefficient (Wildman–Crippen LogP) is 12.3. The molecule has 0 amide bonds. The summed E-state index contributed by atoms with van der Waals surface area (Å²) in [6, 6.07) is 62.8. The van der Waals surface area contributed by atoms with E-state index in [4.69, 9.17) is 9.40 Å². The van der Waals surface area contributed by atoms with Crippen LogP contribution in [0.5, 0.6) is 0 Å². The SMILES string of the molecule is CC12c3cccc(c3)-c3cc(-c4ccccc4)cc(n3)-c3cccc4oc5cc(c1cc5c34)C1(c3ccccc3-c3ccccc31)c1ccccc12. The summed E-state index contributed by atoms with van der Waals surface area (Å²) in [6.07, 6.45) is 0. The molecule has 0 saturated heterocycles. The van der Waals surface area contributed by atoms with Gasteiger partial charge in [0.25, 0.3) is 0 Å². The average Bonchev–Trinajstić information content (AvgIpc) is 3.73. The fraction of sp³-hybridized carbons (Fsp3) is 0.0600. The van der Waals surface area contributed by atoms with Crippen LogP contribution in [0.1, 0.15) is 45.9 Å². The number of pyridine rings is 1. The Morgan fingerprint density at radius 2 is 1.06 bits per heavy atom. The number of hydrogen-bond acceptors (Lipinski definition) is 2. The van der Waals surface area contributed by atoms with Crippen molar-refractivity contribution in [3.05, 3.63) is 209 Å². The third kappa shape index (κ3) is 3.38. The number of furan rings is 1. The Hall–Kier alpha value is -6.51. The van der Waals surface area contributed by atoms with Crippen LogP contribution < -0.4 is 0 Å². The molecule has 0 radical (unpaired) electrons. The Bertz CT molecular complexity index is 2940. The van der Waals surface area contributed by atoms with Gasteiger partial charge in [-0.2, -0.15) is 0 Å². The Kier molecular flexibility index (Phi) is 5.34. The Balaban J connectivity index is 1.29. The molecule has 0 N–H and O–H groups in total. The lowest BCUT2D eigenvalue weighted by Crippen LogP contribution is -2.42. The normalized spacial score (nSPS) is 16.8. The van der Waals surface area contributed by atoms with Gasteiger partial charge < -0.3 is 4.42 Å². The van der Waals surface area contributed by atoms with Crippen molar-refractivity contribution in [3.63, 3.8) is 0 Å². The fourth-order valence-corrected chi connectivity index (χ4v) is 10.1. The predicted molar refractivity (Wildman–Crippen MR) is 211 cm³/mol. The van der Waals surface area contributed by atoms with Crippen LogP contribution in [0.25, 0.3) is 66.7 Å². The van der Waals surface area contributed by atoms with E-state index < -0.39 is 10.8 Å². The van der Waals surface area contributed by atoms with Crippen molar-refractivity contribution in [2.24, 2.45) is 0 Å². The van der Waals surface area contributed by atoms with Gasteiger partial charge in [-0.15, -0.1) is 0 Å². The Labute approximate surface area is 301 Å². The topological polar surface area (TPSA) is 26.0 Å². The maximum atomic E-state index is 6.93. The van der Waals surface area contributed by atoms with E-state index in [1.165, 1.54) is 55.6 Å². The first-order chi connectivity index (χ1) is 25.6. The lowest BCUT2D eigenvalue weighted by atomic mass is 9.53. The van der Waals surface area contributed by atoms with E-state index in [2.05, 4.69) is 177 Å². The van der Waals surface area contributed by atoms with Crippen molar-refractivity contribution in [2.75, 3.05) is 0 Å². The highest BCUT2D eigenvalue weighted by atomic mass is 16.3. The maximum Gasteiger partial charge on any atom is 0.136 e. The number of hydrogen-bond donors (Lipinski definition) is 0. The van der Waals surface area contributed by atoms with Crippen molar-refractivity contribution in [1.29, 1.82) is 0 Å². The van der Waals surface area contributed by atoms with Crippen LogP contribution in [-0.2, 0) is 10.8 Å². The number of nitrogens with zero attached hydrogens (tertiary/aromatic N) is 1. The van der Waals surface area contributed by atoms with E-state index in [1.807, 2.05) is 0 Å². The average molecular weight is 662 g/mol. The molecule has 1 unspecified atom stereocenters. The molecule has 6 bridgehead atoms. The number of aromatic nitrogens is 1. The summed E-state index contributed by atoms with van der Waals surface area (Å²) in [5.41, 5.74) is 18.9. The molecule has 3 heterocycles. The van der Waals surface area contributed by atoms with Gasteiger partial charge in [0.2, 0.25) is 0 Å². The van der Waals surface area contributed by atoms with Gasteiger partial charge in [0.05, 0.1) is 16.8 Å². The van der Waals surface area contributed by atoms with Crippen molar-refractivity contribution in [2.45, 2.75) is 17.8 Å². The maximum absolute atomic E-state index is 6.93. The first kappa shape index (κ1) is 28.2. The number of benzene rings is 7. The summed E-state index contributed by atoms with van der Waals surface area (Å²) >= 11 is 0. The summed E-state index contributed by atoms with van der Waals surface area (Å²) in [6.45, 7) is 2.43. The Morgan fingerprint density at radius 3 is 1.85 bits per heavy atom. The molecule has 0 fully saturated rings. The summed E-state index contributed by atoms with van der Waals surface area (Å²) in [4.78, 5) is 5.41. The zero-order valence-electron chi connectivity index (χ0n) is 28.5. The van der Waals surface area contributed by atoms with Crippen molar-refractivity contribution < 1.29 is 4.42 Å². The molecule has 52 heavy (non-hydrogen) atoms. The second kappa shape index (κ2) is 9.84. The van der Waals surface area contributed by atoms with Gasteiger partial charge in [0.1, 0.15) is 11.2 Å². The van der Waals surface area contributed by atoms with E-state index in [-0.39, 0.29) is 0 Å². The number of fused-ring (bicyclic) bond motifs is 16. The molecule has 2 heteroatoms. The molecular weight excluding hydrogens is 631 g/mol. The smallest absolute Gasteiger partial charge is 0.136 e. The van der Waals surface area contributed by atoms with Gasteiger partial charge in [-0.05, 0) is 105 Å². The molecule has 1 aliphatic heterocycles. The van der Waals surface area contributed by atoms with Crippen LogP contribution >= 0.6 is 0 Å². The lowest BCUT2D eigenvalue weighted by molar-refractivity contribution is 0.593. The van der Waals surface area contributed by atoms with Crippen LogP contribution in [0.2, 0.25) is 0 Å². The lowest BCUT2D eigenvalue weighted by Gasteiger charge is -2.48. The minimum atomic E-state index is -0.514. The highest BCUT2D eigenvalue weighted by molar-refractivity contribution is 6.13. The summed E-state index contributed by atoms with van der Waals surface area (Å²) in [7, 11) is 0. The van der Waals surface area contributed by atoms with Crippen LogP contribution in [0.15, 0.2) is 174 Å². The van der Waals surface area contributed by atoms with Crippen LogP contribution in [0, 0.1) is 0 Å². The largest absolute Gasteiger partial charge is 0.456 e. The van der Waals surface area contributed by atoms with E-state index in [0.29, 0.717) is 0 Å². The van der Waals surface area contributed by atoms with Crippen molar-refractivity contribution in [3.8, 4) is 44.8 Å². The highest BCUT2D eigenvalue weighted by Gasteiger charge is 2.55. The third-order valence-corrected chi connectivity index (χ3v) is 12.3. The molecule has 3 aliphatic rings. The second-order valence-corrected chi connectivity index (χ2v) is 14.8. The summed E-state index contributed by atoms with van der Waals surface area (Å²) in [5.74, 6) is 0. The third-order valence-electron chi connectivity index (χ3n) is 12.3. The van der Waals surface area contributed by atoms with Crippen molar-refractivity contribution in [1.82, 2.24) is 4.98 Å². The molecule has 1 atom stereocenters. The fourth-order valence-electron chi connectivity index (χ4n) is 10.1. The minimum absolute atomic E-state index is 0.481. The van der Waals surface area contributed by atoms with Crippen LogP contribution in [-0.4, -0.2) is 4.98 Å². The minimum Gasteiger partial charge on any atom is -0.456 e. The van der Waals surface area contributed by atoms with Gasteiger partial charge in [0.15, 0.2) is 0 Å². The molecule has 1 spiro atoms. The first-order valence-corrected chi connectivity index (χ1v) is 18.1. The molecule has 0 saturated carbocycles. The van der Waals surface area contributed by atoms with E-state index >= 15 is 0 Å². The standard InChI is InChI=1S/C50H31NO/c1-49-33-16-11-15-31(25-33)44-26-32(30-13-3-2-4-14-30)27-45(51-44)36-19-12-24-46-48(36)37-28-42(49)43(29-47(37)52-46)50(41-23-10-9-22-40(41)49)38-20-7-5-17-34(38)35-18-6-8-21-39(35)50/h2-29H,1H3. The van der Waals surface area contributed by atoms with Crippen molar-refractivity contribution >= 4 is 21.9 Å². The molecule has 9 aromatic rings. The van der Waals surface area contributed by atoms with Gasteiger partial charge in [-0.25, -0.2) is 4.98 Å². The van der Waals surface area contributed by atoms with Gasteiger partial charge in [-0.1, -0.05) is 133 Å². The van der Waals surface area contributed by atoms with Crippen LogP contribution in [0.3, 0.4) is 0 Å². The second-order valence-electron chi connectivity index (χ2n) is 14.8. The van der Waals surface area contributed by atoms with Gasteiger partial charge >= 0.3 is 0 Å². The number of rotatable bonds is 1.